The summed E-state index contributed by atoms with van der Waals surface area (Å²) < 4.78 is 19.4. The number of amides is 1. The number of carbonyl (C=O) groups is 1. The van der Waals surface area contributed by atoms with Gasteiger partial charge in [-0.25, -0.2) is 4.39 Å². The molecule has 0 bridgehead atoms. The van der Waals surface area contributed by atoms with Crippen molar-refractivity contribution in [3.05, 3.63) is 30.1 Å². The standard InChI is InChI=1S/C22H32FN3O2/c1-2-24-13-8-19(9-14-24)25-12-3-10-22(11-15-25)17-26(21(27)16-28-22)20-6-4-18(23)5-7-20/h4-7,19H,2-3,8-17H2,1H3. The molecular formula is C22H32FN3O2. The van der Waals surface area contributed by atoms with Gasteiger partial charge in [0, 0.05) is 18.3 Å². The Morgan fingerprint density at radius 3 is 2.57 bits per heavy atom. The predicted octanol–water partition coefficient (Wildman–Crippen LogP) is 2.90. The van der Waals surface area contributed by atoms with Crippen LogP contribution < -0.4 is 4.90 Å². The van der Waals surface area contributed by atoms with Gasteiger partial charge in [0.1, 0.15) is 12.4 Å². The zero-order valence-corrected chi connectivity index (χ0v) is 16.9. The number of benzene rings is 1. The van der Waals surface area contributed by atoms with Crippen LogP contribution in [0.4, 0.5) is 10.1 Å². The average Bonchev–Trinajstić information content (AvgIpc) is 2.93. The van der Waals surface area contributed by atoms with Crippen molar-refractivity contribution in [3.8, 4) is 0 Å². The lowest BCUT2D eigenvalue weighted by Crippen LogP contribution is -2.55. The Morgan fingerprint density at radius 2 is 1.86 bits per heavy atom. The summed E-state index contributed by atoms with van der Waals surface area (Å²) in [6, 6.07) is 6.90. The van der Waals surface area contributed by atoms with E-state index in [4.69, 9.17) is 4.74 Å². The minimum Gasteiger partial charge on any atom is -0.363 e. The van der Waals surface area contributed by atoms with Gasteiger partial charge in [0.25, 0.3) is 5.91 Å². The van der Waals surface area contributed by atoms with Crippen LogP contribution in [0.2, 0.25) is 0 Å². The summed E-state index contributed by atoms with van der Waals surface area (Å²) in [4.78, 5) is 19.4. The van der Waals surface area contributed by atoms with Crippen LogP contribution in [0.1, 0.15) is 39.0 Å². The second-order valence-corrected chi connectivity index (χ2v) is 8.48. The number of morpholine rings is 1. The van der Waals surface area contributed by atoms with Crippen molar-refractivity contribution in [3.63, 3.8) is 0 Å². The van der Waals surface area contributed by atoms with E-state index in [1.165, 1.54) is 38.1 Å². The zero-order chi connectivity index (χ0) is 19.6. The lowest BCUT2D eigenvalue weighted by Gasteiger charge is -2.42. The van der Waals surface area contributed by atoms with Crippen LogP contribution in [0.3, 0.4) is 0 Å². The van der Waals surface area contributed by atoms with Gasteiger partial charge in [-0.2, -0.15) is 0 Å². The Morgan fingerprint density at radius 1 is 1.11 bits per heavy atom. The number of piperidine rings is 1. The second-order valence-electron chi connectivity index (χ2n) is 8.48. The molecule has 3 aliphatic rings. The molecule has 1 amide bonds. The number of carbonyl (C=O) groups excluding carboxylic acids is 1. The van der Waals surface area contributed by atoms with Crippen LogP contribution in [0.15, 0.2) is 24.3 Å². The van der Waals surface area contributed by atoms with E-state index in [-0.39, 0.29) is 23.9 Å². The number of anilines is 1. The fourth-order valence-electron chi connectivity index (χ4n) is 5.03. The number of likely N-dealkylation sites (tertiary alicyclic amines) is 2. The Bertz CT molecular complexity index is 675. The molecule has 0 N–H and O–H groups in total. The summed E-state index contributed by atoms with van der Waals surface area (Å²) in [6.07, 6.45) is 5.53. The van der Waals surface area contributed by atoms with Gasteiger partial charge in [0.05, 0.1) is 12.1 Å². The number of halogens is 1. The molecule has 154 valence electrons. The quantitative estimate of drug-likeness (QED) is 0.797. The summed E-state index contributed by atoms with van der Waals surface area (Å²) >= 11 is 0. The molecule has 0 aromatic heterocycles. The molecule has 3 saturated heterocycles. The smallest absolute Gasteiger partial charge is 0.253 e. The van der Waals surface area contributed by atoms with Crippen molar-refractivity contribution in [2.75, 3.05) is 50.8 Å². The highest BCUT2D eigenvalue weighted by Gasteiger charge is 2.42. The topological polar surface area (TPSA) is 36.0 Å². The van der Waals surface area contributed by atoms with E-state index in [0.29, 0.717) is 12.6 Å². The molecule has 3 heterocycles. The Balaban J connectivity index is 1.41. The largest absolute Gasteiger partial charge is 0.363 e. The van der Waals surface area contributed by atoms with E-state index in [2.05, 4.69) is 16.7 Å². The normalized spacial score (nSPS) is 28.6. The van der Waals surface area contributed by atoms with Crippen molar-refractivity contribution in [2.45, 2.75) is 50.7 Å². The summed E-state index contributed by atoms with van der Waals surface area (Å²) in [6.45, 7) is 8.63. The third-order valence-electron chi connectivity index (χ3n) is 6.84. The number of hydrogen-bond acceptors (Lipinski definition) is 4. The van der Waals surface area contributed by atoms with E-state index in [0.717, 1.165) is 44.6 Å². The third-order valence-corrected chi connectivity index (χ3v) is 6.84. The van der Waals surface area contributed by atoms with Crippen LogP contribution in [-0.2, 0) is 9.53 Å². The molecule has 3 aliphatic heterocycles. The Hall–Kier alpha value is -1.50. The molecule has 0 aliphatic carbocycles. The molecule has 1 unspecified atom stereocenters. The Labute approximate surface area is 167 Å². The molecule has 3 fully saturated rings. The van der Waals surface area contributed by atoms with Crippen LogP contribution >= 0.6 is 0 Å². The maximum atomic E-state index is 13.3. The van der Waals surface area contributed by atoms with Gasteiger partial charge in [-0.3, -0.25) is 4.79 Å². The van der Waals surface area contributed by atoms with E-state index in [1.807, 2.05) is 0 Å². The number of rotatable bonds is 3. The van der Waals surface area contributed by atoms with Gasteiger partial charge in [-0.05, 0) is 82.5 Å². The maximum Gasteiger partial charge on any atom is 0.253 e. The molecule has 6 heteroatoms. The first kappa shape index (κ1) is 19.8. The molecule has 1 atom stereocenters. The first-order chi connectivity index (χ1) is 13.6. The second kappa shape index (κ2) is 8.47. The van der Waals surface area contributed by atoms with Crippen molar-refractivity contribution < 1.29 is 13.9 Å². The van der Waals surface area contributed by atoms with Crippen molar-refractivity contribution in [1.29, 1.82) is 0 Å². The van der Waals surface area contributed by atoms with E-state index < -0.39 is 0 Å². The van der Waals surface area contributed by atoms with Crippen LogP contribution in [0, 0.1) is 5.82 Å². The van der Waals surface area contributed by atoms with Crippen molar-refractivity contribution in [2.24, 2.45) is 0 Å². The third kappa shape index (κ3) is 4.24. The van der Waals surface area contributed by atoms with Gasteiger partial charge < -0.3 is 19.4 Å². The van der Waals surface area contributed by atoms with E-state index in [9.17, 15) is 9.18 Å². The highest BCUT2D eigenvalue weighted by Crippen LogP contribution is 2.34. The molecule has 1 aromatic rings. The molecule has 0 saturated carbocycles. The highest BCUT2D eigenvalue weighted by molar-refractivity contribution is 5.95. The molecule has 5 nitrogen and oxygen atoms in total. The fraction of sp³-hybridized carbons (Fsp3) is 0.682. The highest BCUT2D eigenvalue weighted by atomic mass is 19.1. The van der Waals surface area contributed by atoms with Gasteiger partial charge in [0.15, 0.2) is 0 Å². The minimum atomic E-state index is -0.279. The van der Waals surface area contributed by atoms with Gasteiger partial charge in [0.2, 0.25) is 0 Å². The molecule has 4 rings (SSSR count). The van der Waals surface area contributed by atoms with E-state index in [1.54, 1.807) is 17.0 Å². The zero-order valence-electron chi connectivity index (χ0n) is 16.9. The maximum absolute atomic E-state index is 13.3. The van der Waals surface area contributed by atoms with Crippen molar-refractivity contribution in [1.82, 2.24) is 9.80 Å². The summed E-state index contributed by atoms with van der Waals surface area (Å²) in [5.41, 5.74) is 0.489. The summed E-state index contributed by atoms with van der Waals surface area (Å²) in [7, 11) is 0. The number of nitrogens with zero attached hydrogens (tertiary/aromatic N) is 3. The lowest BCUT2D eigenvalue weighted by molar-refractivity contribution is -0.140. The molecule has 1 aromatic carbocycles. The van der Waals surface area contributed by atoms with Gasteiger partial charge in [-0.15, -0.1) is 0 Å². The average molecular weight is 390 g/mol. The van der Waals surface area contributed by atoms with Crippen molar-refractivity contribution >= 4 is 11.6 Å². The SMILES string of the molecule is CCN1CCC(N2CCCC3(CC2)CN(c2ccc(F)cc2)C(=O)CO3)CC1. The fourth-order valence-corrected chi connectivity index (χ4v) is 5.03. The molecule has 0 radical (unpaired) electrons. The van der Waals surface area contributed by atoms with E-state index >= 15 is 0 Å². The minimum absolute atomic E-state index is 0.0368. The summed E-state index contributed by atoms with van der Waals surface area (Å²) in [5.74, 6) is -0.316. The monoisotopic (exact) mass is 389 g/mol. The van der Waals surface area contributed by atoms with Gasteiger partial charge >= 0.3 is 0 Å². The number of ether oxygens (including phenoxy) is 1. The van der Waals surface area contributed by atoms with Crippen LogP contribution in [0.5, 0.6) is 0 Å². The predicted molar refractivity (Wildman–Crippen MR) is 108 cm³/mol. The lowest BCUT2D eigenvalue weighted by atomic mass is 9.92. The first-order valence-electron chi connectivity index (χ1n) is 10.7. The summed E-state index contributed by atoms with van der Waals surface area (Å²) in [5, 5.41) is 0. The molecular weight excluding hydrogens is 357 g/mol. The van der Waals surface area contributed by atoms with Gasteiger partial charge in [-0.1, -0.05) is 6.92 Å². The molecule has 1 spiro atoms. The Kier molecular flexibility index (Phi) is 5.99. The van der Waals surface area contributed by atoms with Crippen LogP contribution in [-0.4, -0.2) is 73.2 Å². The van der Waals surface area contributed by atoms with Crippen LogP contribution in [0.25, 0.3) is 0 Å². The number of hydrogen-bond donors (Lipinski definition) is 0. The first-order valence-corrected chi connectivity index (χ1v) is 10.7. The molecule has 28 heavy (non-hydrogen) atoms.